The van der Waals surface area contributed by atoms with Gasteiger partial charge in [-0.2, -0.15) is 0 Å². The summed E-state index contributed by atoms with van der Waals surface area (Å²) in [7, 11) is 0. The minimum atomic E-state index is -0.976. The average molecular weight is 342 g/mol. The molecule has 1 aliphatic carbocycles. The first-order valence-electron chi connectivity index (χ1n) is 6.72. The molecule has 1 aromatic rings. The minimum Gasteiger partial charge on any atom is -0.392 e. The van der Waals surface area contributed by atoms with Gasteiger partial charge >= 0.3 is 0 Å². The van der Waals surface area contributed by atoms with Gasteiger partial charge in [-0.25, -0.2) is 0 Å². The molecule has 0 aliphatic heterocycles. The fourth-order valence-electron chi connectivity index (χ4n) is 2.64. The Bertz CT molecular complexity index is 481. The van der Waals surface area contributed by atoms with Gasteiger partial charge in [0.1, 0.15) is 0 Å². The molecule has 1 aromatic carbocycles. The zero-order chi connectivity index (χ0) is 14.9. The van der Waals surface area contributed by atoms with Crippen molar-refractivity contribution in [1.29, 1.82) is 0 Å². The fourth-order valence-corrected chi connectivity index (χ4v) is 3.41. The van der Waals surface area contributed by atoms with Crippen LogP contribution in [-0.2, 0) is 4.79 Å². The SMILES string of the molecule is CC(NC(=O)[C@@]1(C)C[C@@H](O)[C@@H](Br)[C@@H]1O)c1ccccc1. The highest BCUT2D eigenvalue weighted by Gasteiger charge is 2.53. The zero-order valence-electron chi connectivity index (χ0n) is 11.6. The number of hydrogen-bond donors (Lipinski definition) is 3. The van der Waals surface area contributed by atoms with Crippen LogP contribution in [0.4, 0.5) is 0 Å². The molecule has 1 saturated carbocycles. The fraction of sp³-hybridized carbons (Fsp3) is 0.533. The van der Waals surface area contributed by atoms with Crippen LogP contribution in [0, 0.1) is 5.41 Å². The van der Waals surface area contributed by atoms with Crippen LogP contribution in [0.1, 0.15) is 31.9 Å². The second kappa shape index (κ2) is 5.84. The highest BCUT2D eigenvalue weighted by molar-refractivity contribution is 9.09. The largest absolute Gasteiger partial charge is 0.392 e. The van der Waals surface area contributed by atoms with Gasteiger partial charge < -0.3 is 15.5 Å². The molecule has 0 aromatic heterocycles. The topological polar surface area (TPSA) is 69.6 Å². The van der Waals surface area contributed by atoms with E-state index in [1.54, 1.807) is 6.92 Å². The summed E-state index contributed by atoms with van der Waals surface area (Å²) in [4.78, 5) is 12.0. The quantitative estimate of drug-likeness (QED) is 0.733. The van der Waals surface area contributed by atoms with Gasteiger partial charge in [-0.05, 0) is 25.8 Å². The average Bonchev–Trinajstić information content (AvgIpc) is 2.64. The molecule has 1 fully saturated rings. The van der Waals surface area contributed by atoms with Gasteiger partial charge in [0.25, 0.3) is 0 Å². The van der Waals surface area contributed by atoms with E-state index < -0.39 is 22.5 Å². The lowest BCUT2D eigenvalue weighted by molar-refractivity contribution is -0.135. The number of nitrogens with one attached hydrogen (secondary N) is 1. The molecule has 110 valence electrons. The number of halogens is 1. The molecule has 0 saturated heterocycles. The van der Waals surface area contributed by atoms with Crippen LogP contribution in [-0.4, -0.2) is 33.2 Å². The third-order valence-electron chi connectivity index (χ3n) is 4.12. The van der Waals surface area contributed by atoms with E-state index in [1.807, 2.05) is 37.3 Å². The second-order valence-corrected chi connectivity index (χ2v) is 6.74. The molecule has 0 heterocycles. The molecule has 0 radical (unpaired) electrons. The molecule has 3 N–H and O–H groups in total. The normalized spacial score (nSPS) is 34.8. The summed E-state index contributed by atoms with van der Waals surface area (Å²) in [6.07, 6.45) is -1.37. The van der Waals surface area contributed by atoms with Crippen LogP contribution >= 0.6 is 15.9 Å². The summed E-state index contributed by atoms with van der Waals surface area (Å²) in [5.74, 6) is -0.234. The number of aliphatic hydroxyl groups excluding tert-OH is 2. The van der Waals surface area contributed by atoms with Crippen molar-refractivity contribution in [2.24, 2.45) is 5.41 Å². The van der Waals surface area contributed by atoms with E-state index in [-0.39, 0.29) is 18.4 Å². The monoisotopic (exact) mass is 341 g/mol. The van der Waals surface area contributed by atoms with E-state index in [9.17, 15) is 15.0 Å². The van der Waals surface area contributed by atoms with Gasteiger partial charge in [-0.3, -0.25) is 4.79 Å². The van der Waals surface area contributed by atoms with Crippen LogP contribution < -0.4 is 5.32 Å². The third kappa shape index (κ3) is 2.75. The number of carbonyl (C=O) groups excluding carboxylic acids is 1. The Morgan fingerprint density at radius 1 is 1.40 bits per heavy atom. The van der Waals surface area contributed by atoms with E-state index in [4.69, 9.17) is 0 Å². The molecule has 5 heteroatoms. The Balaban J connectivity index is 2.09. The Labute approximate surface area is 127 Å². The van der Waals surface area contributed by atoms with Crippen LogP contribution in [0.3, 0.4) is 0 Å². The molecule has 20 heavy (non-hydrogen) atoms. The molecule has 1 aliphatic rings. The first-order valence-corrected chi connectivity index (χ1v) is 7.64. The smallest absolute Gasteiger partial charge is 0.229 e. The maximum Gasteiger partial charge on any atom is 0.229 e. The van der Waals surface area contributed by atoms with Crippen LogP contribution in [0.2, 0.25) is 0 Å². The molecule has 1 amide bonds. The highest BCUT2D eigenvalue weighted by Crippen LogP contribution is 2.42. The summed E-state index contributed by atoms with van der Waals surface area (Å²) >= 11 is 3.24. The Morgan fingerprint density at radius 2 is 2.00 bits per heavy atom. The number of alkyl halides is 1. The molecular weight excluding hydrogens is 322 g/mol. The van der Waals surface area contributed by atoms with Gasteiger partial charge in [-0.1, -0.05) is 46.3 Å². The van der Waals surface area contributed by atoms with Crippen LogP contribution in [0.5, 0.6) is 0 Å². The number of aliphatic hydroxyl groups is 2. The third-order valence-corrected chi connectivity index (χ3v) is 5.23. The number of carbonyl (C=O) groups is 1. The summed E-state index contributed by atoms with van der Waals surface area (Å²) in [6.45, 7) is 3.59. The summed E-state index contributed by atoms with van der Waals surface area (Å²) in [5, 5.41) is 22.9. The first-order chi connectivity index (χ1) is 9.36. The highest BCUT2D eigenvalue weighted by atomic mass is 79.9. The van der Waals surface area contributed by atoms with Crippen molar-refractivity contribution in [3.05, 3.63) is 35.9 Å². The lowest BCUT2D eigenvalue weighted by Gasteiger charge is -2.29. The van der Waals surface area contributed by atoms with Crippen molar-refractivity contribution in [3.8, 4) is 0 Å². The lowest BCUT2D eigenvalue weighted by Crippen LogP contribution is -2.46. The van der Waals surface area contributed by atoms with Gasteiger partial charge in [0.15, 0.2) is 0 Å². The van der Waals surface area contributed by atoms with Crippen molar-refractivity contribution in [2.45, 2.75) is 43.3 Å². The van der Waals surface area contributed by atoms with E-state index in [1.165, 1.54) is 0 Å². The standard InChI is InChI=1S/C15H20BrNO3/c1-9(10-6-4-3-5-7-10)17-14(20)15(2)8-11(18)12(16)13(15)19/h3-7,9,11-13,18-19H,8H2,1-2H3,(H,17,20)/t9?,11-,12-,13+,15+/m1/s1. The Hall–Kier alpha value is -0.910. The van der Waals surface area contributed by atoms with Crippen LogP contribution in [0.25, 0.3) is 0 Å². The van der Waals surface area contributed by atoms with Gasteiger partial charge in [-0.15, -0.1) is 0 Å². The summed E-state index contributed by atoms with van der Waals surface area (Å²) in [6, 6.07) is 9.51. The lowest BCUT2D eigenvalue weighted by atomic mass is 9.85. The van der Waals surface area contributed by atoms with Crippen molar-refractivity contribution >= 4 is 21.8 Å². The van der Waals surface area contributed by atoms with Gasteiger partial charge in [0.05, 0.1) is 28.5 Å². The van der Waals surface area contributed by atoms with Crippen molar-refractivity contribution < 1.29 is 15.0 Å². The Morgan fingerprint density at radius 3 is 2.50 bits per heavy atom. The Kier molecular flexibility index (Phi) is 4.52. The molecule has 4 nitrogen and oxygen atoms in total. The predicted molar refractivity (Wildman–Crippen MR) is 80.5 cm³/mol. The first kappa shape index (κ1) is 15.5. The van der Waals surface area contributed by atoms with Crippen LogP contribution in [0.15, 0.2) is 30.3 Å². The maximum absolute atomic E-state index is 12.4. The van der Waals surface area contributed by atoms with E-state index in [2.05, 4.69) is 21.2 Å². The number of hydrogen-bond acceptors (Lipinski definition) is 3. The molecule has 0 spiro atoms. The maximum atomic E-state index is 12.4. The van der Waals surface area contributed by atoms with E-state index in [0.29, 0.717) is 0 Å². The summed E-state index contributed by atoms with van der Waals surface area (Å²) in [5.41, 5.74) is 0.0317. The van der Waals surface area contributed by atoms with Gasteiger partial charge in [0, 0.05) is 0 Å². The number of rotatable bonds is 3. The van der Waals surface area contributed by atoms with E-state index in [0.717, 1.165) is 5.56 Å². The second-order valence-electron chi connectivity index (χ2n) is 5.68. The van der Waals surface area contributed by atoms with E-state index >= 15 is 0 Å². The molecule has 5 atom stereocenters. The minimum absolute atomic E-state index is 0.140. The molecular formula is C15H20BrNO3. The predicted octanol–water partition coefficient (Wildman–Crippen LogP) is 1.76. The van der Waals surface area contributed by atoms with Gasteiger partial charge in [0.2, 0.25) is 5.91 Å². The number of amides is 1. The van der Waals surface area contributed by atoms with Crippen molar-refractivity contribution in [3.63, 3.8) is 0 Å². The summed E-state index contributed by atoms with van der Waals surface area (Å²) < 4.78 is 0. The zero-order valence-corrected chi connectivity index (χ0v) is 13.2. The van der Waals surface area contributed by atoms with Crippen molar-refractivity contribution in [1.82, 2.24) is 5.32 Å². The molecule has 1 unspecified atom stereocenters. The number of benzene rings is 1. The van der Waals surface area contributed by atoms with Crippen molar-refractivity contribution in [2.75, 3.05) is 0 Å². The molecule has 0 bridgehead atoms. The molecule has 2 rings (SSSR count).